The molecule has 0 saturated carbocycles. The minimum Gasteiger partial charge on any atom is -0.504 e. The van der Waals surface area contributed by atoms with E-state index in [0.717, 1.165) is 37.4 Å². The molecule has 110 valence electrons. The molecule has 0 atom stereocenters. The molecule has 0 unspecified atom stereocenters. The van der Waals surface area contributed by atoms with Gasteiger partial charge in [-0.25, -0.2) is 4.98 Å². The third-order valence-corrected chi connectivity index (χ3v) is 2.97. The van der Waals surface area contributed by atoms with Crippen LogP contribution in [0.25, 0.3) is 0 Å². The number of aromatic nitrogens is 1. The maximum absolute atomic E-state index is 11.4. The van der Waals surface area contributed by atoms with Crippen molar-refractivity contribution >= 4 is 11.5 Å². The van der Waals surface area contributed by atoms with Crippen LogP contribution in [-0.2, 0) is 0 Å². The van der Waals surface area contributed by atoms with Crippen molar-refractivity contribution in [3.63, 3.8) is 0 Å². The van der Waals surface area contributed by atoms with Crippen LogP contribution in [0.1, 0.15) is 12.8 Å². The highest BCUT2D eigenvalue weighted by molar-refractivity contribution is 5.43. The fourth-order valence-electron chi connectivity index (χ4n) is 1.86. The zero-order valence-corrected chi connectivity index (χ0v) is 11.7. The fraction of sp³-hybridized carbons (Fsp3) is 0.250. The predicted octanol–water partition coefficient (Wildman–Crippen LogP) is 2.45. The number of pyridine rings is 1. The lowest BCUT2D eigenvalue weighted by Gasteiger charge is -2.06. The van der Waals surface area contributed by atoms with Gasteiger partial charge in [0.2, 0.25) is 5.43 Å². The summed E-state index contributed by atoms with van der Waals surface area (Å²) in [6, 6.07) is 12.0. The number of rotatable bonds is 7. The molecule has 0 amide bonds. The SMILES string of the molecule is O=c1cc(NCCCCNc2ccccn2)cccc1O. The van der Waals surface area contributed by atoms with E-state index in [1.807, 2.05) is 18.2 Å². The van der Waals surface area contributed by atoms with Gasteiger partial charge in [-0.1, -0.05) is 12.1 Å². The summed E-state index contributed by atoms with van der Waals surface area (Å²) in [7, 11) is 0. The summed E-state index contributed by atoms with van der Waals surface area (Å²) in [6.07, 6.45) is 3.73. The molecule has 0 aliphatic heterocycles. The Morgan fingerprint density at radius 2 is 1.81 bits per heavy atom. The smallest absolute Gasteiger partial charge is 0.222 e. The lowest BCUT2D eigenvalue weighted by atomic mass is 10.3. The van der Waals surface area contributed by atoms with Crippen molar-refractivity contribution in [3.05, 3.63) is 58.9 Å². The minimum atomic E-state index is -0.376. The molecule has 1 heterocycles. The van der Waals surface area contributed by atoms with Gasteiger partial charge in [-0.15, -0.1) is 0 Å². The number of hydrogen-bond acceptors (Lipinski definition) is 5. The number of aromatic hydroxyl groups is 1. The molecule has 5 heteroatoms. The van der Waals surface area contributed by atoms with Gasteiger partial charge in [0.25, 0.3) is 0 Å². The summed E-state index contributed by atoms with van der Waals surface area (Å²) in [5.74, 6) is 0.648. The molecule has 0 radical (unpaired) electrons. The van der Waals surface area contributed by atoms with Crippen molar-refractivity contribution in [3.8, 4) is 5.75 Å². The van der Waals surface area contributed by atoms with E-state index in [0.29, 0.717) is 0 Å². The van der Waals surface area contributed by atoms with Crippen LogP contribution in [0.3, 0.4) is 0 Å². The Labute approximate surface area is 123 Å². The highest BCUT2D eigenvalue weighted by Crippen LogP contribution is 2.06. The van der Waals surface area contributed by atoms with Crippen LogP contribution in [0.15, 0.2) is 53.5 Å². The van der Waals surface area contributed by atoms with E-state index in [1.165, 1.54) is 12.1 Å². The quantitative estimate of drug-likeness (QED) is 0.681. The summed E-state index contributed by atoms with van der Waals surface area (Å²) >= 11 is 0. The molecule has 5 nitrogen and oxygen atoms in total. The van der Waals surface area contributed by atoms with E-state index < -0.39 is 0 Å². The van der Waals surface area contributed by atoms with Crippen LogP contribution in [-0.4, -0.2) is 23.2 Å². The van der Waals surface area contributed by atoms with Crippen LogP contribution < -0.4 is 16.1 Å². The second-order valence-corrected chi connectivity index (χ2v) is 4.65. The second kappa shape index (κ2) is 7.89. The van der Waals surface area contributed by atoms with Crippen molar-refractivity contribution in [2.45, 2.75) is 12.8 Å². The molecule has 0 saturated heterocycles. The molecule has 1 aromatic heterocycles. The molecule has 0 fully saturated rings. The van der Waals surface area contributed by atoms with Crippen LogP contribution in [0.2, 0.25) is 0 Å². The van der Waals surface area contributed by atoms with Crippen molar-refractivity contribution in [2.24, 2.45) is 0 Å². The van der Waals surface area contributed by atoms with Gasteiger partial charge in [-0.3, -0.25) is 4.79 Å². The molecule has 0 spiro atoms. The lowest BCUT2D eigenvalue weighted by Crippen LogP contribution is -2.07. The van der Waals surface area contributed by atoms with Crippen LogP contribution >= 0.6 is 0 Å². The lowest BCUT2D eigenvalue weighted by molar-refractivity contribution is 0.471. The molecular formula is C16H19N3O2. The number of nitrogens with zero attached hydrogens (tertiary/aromatic N) is 1. The Kier molecular flexibility index (Phi) is 5.58. The van der Waals surface area contributed by atoms with E-state index in [9.17, 15) is 9.90 Å². The van der Waals surface area contributed by atoms with Gasteiger partial charge in [-0.05, 0) is 37.1 Å². The minimum absolute atomic E-state index is 0.234. The molecule has 0 aliphatic carbocycles. The highest BCUT2D eigenvalue weighted by atomic mass is 16.3. The van der Waals surface area contributed by atoms with Gasteiger partial charge in [0.1, 0.15) is 5.82 Å². The molecule has 0 aliphatic rings. The highest BCUT2D eigenvalue weighted by Gasteiger charge is 1.96. The Bertz CT molecular complexity index is 617. The Morgan fingerprint density at radius 1 is 1.00 bits per heavy atom. The average molecular weight is 285 g/mol. The first-order valence-electron chi connectivity index (χ1n) is 6.98. The predicted molar refractivity (Wildman–Crippen MR) is 84.8 cm³/mol. The van der Waals surface area contributed by atoms with Gasteiger partial charge in [0.05, 0.1) is 0 Å². The first-order chi connectivity index (χ1) is 10.3. The number of nitrogens with one attached hydrogen (secondary N) is 2. The maximum atomic E-state index is 11.4. The topological polar surface area (TPSA) is 74.2 Å². The third-order valence-electron chi connectivity index (χ3n) is 2.97. The van der Waals surface area contributed by atoms with Gasteiger partial charge in [-0.2, -0.15) is 0 Å². The van der Waals surface area contributed by atoms with Crippen LogP contribution in [0.5, 0.6) is 5.75 Å². The van der Waals surface area contributed by atoms with E-state index in [2.05, 4.69) is 15.6 Å². The monoisotopic (exact) mass is 285 g/mol. The van der Waals surface area contributed by atoms with E-state index in [1.54, 1.807) is 18.3 Å². The van der Waals surface area contributed by atoms with Gasteiger partial charge in [0, 0.05) is 31.0 Å². The van der Waals surface area contributed by atoms with Crippen molar-refractivity contribution in [1.82, 2.24) is 4.98 Å². The van der Waals surface area contributed by atoms with E-state index >= 15 is 0 Å². The molecule has 0 bridgehead atoms. The van der Waals surface area contributed by atoms with E-state index in [4.69, 9.17) is 0 Å². The number of hydrogen-bond donors (Lipinski definition) is 3. The summed E-state index contributed by atoms with van der Waals surface area (Å²) in [6.45, 7) is 1.63. The number of unbranched alkanes of at least 4 members (excludes halogenated alkanes) is 1. The second-order valence-electron chi connectivity index (χ2n) is 4.65. The summed E-state index contributed by atoms with van der Waals surface area (Å²) in [4.78, 5) is 15.6. The summed E-state index contributed by atoms with van der Waals surface area (Å²) in [5.41, 5.74) is 0.345. The van der Waals surface area contributed by atoms with Crippen molar-refractivity contribution in [1.29, 1.82) is 0 Å². The normalized spacial score (nSPS) is 10.1. The Balaban J connectivity index is 1.67. The number of anilines is 2. The molecule has 2 rings (SSSR count). The van der Waals surface area contributed by atoms with Crippen LogP contribution in [0, 0.1) is 0 Å². The van der Waals surface area contributed by atoms with Gasteiger partial charge >= 0.3 is 0 Å². The van der Waals surface area contributed by atoms with Crippen molar-refractivity contribution < 1.29 is 5.11 Å². The molecule has 1 aromatic carbocycles. The third kappa shape index (κ3) is 5.14. The molecule has 3 N–H and O–H groups in total. The zero-order chi connectivity index (χ0) is 14.9. The van der Waals surface area contributed by atoms with E-state index in [-0.39, 0.29) is 11.2 Å². The van der Waals surface area contributed by atoms with Gasteiger partial charge < -0.3 is 15.7 Å². The maximum Gasteiger partial charge on any atom is 0.222 e. The van der Waals surface area contributed by atoms with Crippen LogP contribution in [0.4, 0.5) is 11.5 Å². The molecule has 2 aromatic rings. The summed E-state index contributed by atoms with van der Waals surface area (Å²) in [5, 5.41) is 15.7. The fourth-order valence-corrected chi connectivity index (χ4v) is 1.86. The standard InChI is InChI=1S/C16H19N3O2/c20-14-7-5-6-13(12-15(14)21)17-9-3-4-11-19-16-8-1-2-10-18-16/h1-2,5-8,10,12,17H,3-4,9,11H2,(H,18,19)(H,20,21). The average Bonchev–Trinajstić information content (AvgIpc) is 2.66. The first-order valence-corrected chi connectivity index (χ1v) is 6.98. The molecule has 21 heavy (non-hydrogen) atoms. The zero-order valence-electron chi connectivity index (χ0n) is 11.7. The summed E-state index contributed by atoms with van der Waals surface area (Å²) < 4.78 is 0. The largest absolute Gasteiger partial charge is 0.504 e. The Hall–Kier alpha value is -2.56. The Morgan fingerprint density at radius 3 is 2.57 bits per heavy atom. The van der Waals surface area contributed by atoms with Crippen molar-refractivity contribution in [2.75, 3.05) is 23.7 Å². The van der Waals surface area contributed by atoms with Gasteiger partial charge in [0.15, 0.2) is 5.75 Å². The molecular weight excluding hydrogens is 266 g/mol. The first kappa shape index (κ1) is 14.8.